The summed E-state index contributed by atoms with van der Waals surface area (Å²) in [7, 11) is 4.27. The molecule has 4 nitrogen and oxygen atoms in total. The summed E-state index contributed by atoms with van der Waals surface area (Å²) in [5.41, 5.74) is 1.25. The lowest BCUT2D eigenvalue weighted by atomic mass is 9.94. The first-order valence-electron chi connectivity index (χ1n) is 9.87. The van der Waals surface area contributed by atoms with Crippen LogP contribution < -0.4 is 4.74 Å². The van der Waals surface area contributed by atoms with Crippen LogP contribution in [0.25, 0.3) is 0 Å². The van der Waals surface area contributed by atoms with Crippen molar-refractivity contribution in [3.63, 3.8) is 0 Å². The van der Waals surface area contributed by atoms with Gasteiger partial charge in [-0.05, 0) is 57.6 Å². The van der Waals surface area contributed by atoms with Gasteiger partial charge in [-0.1, -0.05) is 38.3 Å². The molecule has 0 saturated heterocycles. The molecule has 1 aliphatic rings. The van der Waals surface area contributed by atoms with E-state index in [4.69, 9.17) is 4.74 Å². The molecule has 1 fully saturated rings. The van der Waals surface area contributed by atoms with Gasteiger partial charge in [0.1, 0.15) is 18.5 Å². The van der Waals surface area contributed by atoms with Gasteiger partial charge >= 0.3 is 0 Å². The Morgan fingerprint density at radius 1 is 1.20 bits per heavy atom. The monoisotopic (exact) mass is 348 g/mol. The third-order valence-electron chi connectivity index (χ3n) is 5.10. The number of benzene rings is 1. The molecule has 0 amide bonds. The molecule has 1 saturated carbocycles. The maximum Gasteiger partial charge on any atom is 0.119 e. The van der Waals surface area contributed by atoms with Crippen LogP contribution in [0.1, 0.15) is 51.0 Å². The van der Waals surface area contributed by atoms with Gasteiger partial charge in [-0.25, -0.2) is 0 Å². The number of hydrogen-bond donors (Lipinski definition) is 1. The third-order valence-corrected chi connectivity index (χ3v) is 5.10. The number of ether oxygens (including phenoxy) is 1. The molecule has 0 aliphatic heterocycles. The quantitative estimate of drug-likeness (QED) is 0.702. The van der Waals surface area contributed by atoms with E-state index in [-0.39, 0.29) is 0 Å². The van der Waals surface area contributed by atoms with Crippen LogP contribution in [0.3, 0.4) is 0 Å². The number of aliphatic hydroxyl groups is 1. The fraction of sp³-hybridized carbons (Fsp3) is 0.714. The minimum Gasteiger partial charge on any atom is -0.491 e. The molecule has 0 aromatic heterocycles. The number of aliphatic hydroxyl groups excluding tert-OH is 1. The van der Waals surface area contributed by atoms with E-state index in [2.05, 4.69) is 43.0 Å². The molecule has 0 heterocycles. The van der Waals surface area contributed by atoms with Crippen molar-refractivity contribution in [3.8, 4) is 5.75 Å². The molecule has 4 heteroatoms. The Balaban J connectivity index is 1.76. The highest BCUT2D eigenvalue weighted by atomic mass is 16.5. The van der Waals surface area contributed by atoms with Gasteiger partial charge < -0.3 is 19.6 Å². The van der Waals surface area contributed by atoms with E-state index < -0.39 is 6.10 Å². The van der Waals surface area contributed by atoms with Gasteiger partial charge in [-0.2, -0.15) is 0 Å². The summed E-state index contributed by atoms with van der Waals surface area (Å²) < 4.78 is 5.84. The summed E-state index contributed by atoms with van der Waals surface area (Å²) in [4.78, 5) is 4.62. The van der Waals surface area contributed by atoms with E-state index in [1.807, 2.05) is 12.1 Å². The van der Waals surface area contributed by atoms with Gasteiger partial charge in [0.15, 0.2) is 0 Å². The lowest BCUT2D eigenvalue weighted by Crippen LogP contribution is -2.40. The maximum atomic E-state index is 10.3. The zero-order valence-corrected chi connectivity index (χ0v) is 16.3. The first-order chi connectivity index (χ1) is 12.1. The van der Waals surface area contributed by atoms with Crippen molar-refractivity contribution in [1.82, 2.24) is 9.80 Å². The molecule has 0 bridgehead atoms. The Kier molecular flexibility index (Phi) is 8.73. The van der Waals surface area contributed by atoms with E-state index in [1.54, 1.807) is 0 Å². The van der Waals surface area contributed by atoms with Crippen molar-refractivity contribution in [1.29, 1.82) is 0 Å². The molecular formula is C21H36N2O2. The van der Waals surface area contributed by atoms with E-state index in [0.717, 1.165) is 25.3 Å². The molecule has 2 rings (SSSR count). The standard InChI is InChI=1S/C21H36N2O2/c1-4-13-22(2)15-18-9-8-12-21(14-18)25-17-20(24)16-23(3)19-10-6-5-7-11-19/h8-9,12,14,19-20,24H,4-7,10-11,13,15-17H2,1-3H3/t20-/m1/s1. The van der Waals surface area contributed by atoms with Gasteiger partial charge in [0, 0.05) is 19.1 Å². The van der Waals surface area contributed by atoms with E-state index in [9.17, 15) is 5.11 Å². The first-order valence-corrected chi connectivity index (χ1v) is 9.87. The highest BCUT2D eigenvalue weighted by molar-refractivity contribution is 5.28. The minimum absolute atomic E-state index is 0.352. The van der Waals surface area contributed by atoms with Crippen LogP contribution in [0.2, 0.25) is 0 Å². The number of rotatable bonds is 10. The molecule has 142 valence electrons. The van der Waals surface area contributed by atoms with Crippen molar-refractivity contribution in [2.45, 2.75) is 64.1 Å². The van der Waals surface area contributed by atoms with Gasteiger partial charge in [-0.3, -0.25) is 0 Å². The topological polar surface area (TPSA) is 35.9 Å². The second kappa shape index (κ2) is 10.8. The predicted octanol–water partition coefficient (Wildman–Crippen LogP) is 3.53. The molecule has 0 radical (unpaired) electrons. The molecular weight excluding hydrogens is 312 g/mol. The molecule has 1 aromatic carbocycles. The fourth-order valence-electron chi connectivity index (χ4n) is 3.75. The summed E-state index contributed by atoms with van der Waals surface area (Å²) in [6.07, 6.45) is 7.24. The smallest absolute Gasteiger partial charge is 0.119 e. The Morgan fingerprint density at radius 2 is 1.96 bits per heavy atom. The summed E-state index contributed by atoms with van der Waals surface area (Å²) in [5.74, 6) is 0.849. The lowest BCUT2D eigenvalue weighted by molar-refractivity contribution is 0.0561. The third kappa shape index (κ3) is 7.35. The average Bonchev–Trinajstić information content (AvgIpc) is 2.61. The molecule has 0 unspecified atom stereocenters. The Hall–Kier alpha value is -1.10. The highest BCUT2D eigenvalue weighted by Gasteiger charge is 2.20. The summed E-state index contributed by atoms with van der Waals surface area (Å²) in [5, 5.41) is 10.3. The van der Waals surface area contributed by atoms with Gasteiger partial charge in [0.25, 0.3) is 0 Å². The van der Waals surface area contributed by atoms with Crippen LogP contribution in [0, 0.1) is 0 Å². The number of likely N-dealkylation sites (N-methyl/N-ethyl adjacent to an activating group) is 1. The second-order valence-electron chi connectivity index (χ2n) is 7.58. The van der Waals surface area contributed by atoms with Crippen LogP contribution in [0.15, 0.2) is 24.3 Å². The zero-order chi connectivity index (χ0) is 18.1. The van der Waals surface area contributed by atoms with Crippen molar-refractivity contribution in [3.05, 3.63) is 29.8 Å². The molecule has 1 N–H and O–H groups in total. The molecule has 1 aliphatic carbocycles. The second-order valence-corrected chi connectivity index (χ2v) is 7.58. The highest BCUT2D eigenvalue weighted by Crippen LogP contribution is 2.22. The SMILES string of the molecule is CCCN(C)Cc1cccc(OC[C@H](O)CN(C)C2CCCCC2)c1. The van der Waals surface area contributed by atoms with E-state index in [1.165, 1.54) is 37.7 Å². The fourth-order valence-corrected chi connectivity index (χ4v) is 3.75. The lowest BCUT2D eigenvalue weighted by Gasteiger charge is -2.32. The molecule has 0 spiro atoms. The summed E-state index contributed by atoms with van der Waals surface area (Å²) in [6.45, 7) is 5.26. The van der Waals surface area contributed by atoms with Crippen LogP contribution in [0.4, 0.5) is 0 Å². The predicted molar refractivity (Wildman–Crippen MR) is 104 cm³/mol. The van der Waals surface area contributed by atoms with Crippen molar-refractivity contribution in [2.75, 3.05) is 33.8 Å². The van der Waals surface area contributed by atoms with Crippen LogP contribution >= 0.6 is 0 Å². The Bertz CT molecular complexity index is 489. The first kappa shape index (κ1) is 20.2. The van der Waals surface area contributed by atoms with Gasteiger partial charge in [-0.15, -0.1) is 0 Å². The minimum atomic E-state index is -0.446. The van der Waals surface area contributed by atoms with Crippen molar-refractivity contribution >= 4 is 0 Å². The van der Waals surface area contributed by atoms with E-state index in [0.29, 0.717) is 19.2 Å². The molecule has 25 heavy (non-hydrogen) atoms. The Labute approximate surface area is 153 Å². The van der Waals surface area contributed by atoms with Gasteiger partial charge in [0.05, 0.1) is 0 Å². The molecule has 1 aromatic rings. The number of nitrogens with zero attached hydrogens (tertiary/aromatic N) is 2. The van der Waals surface area contributed by atoms with Crippen LogP contribution in [-0.4, -0.2) is 60.8 Å². The van der Waals surface area contributed by atoms with Crippen molar-refractivity contribution in [2.24, 2.45) is 0 Å². The maximum absolute atomic E-state index is 10.3. The van der Waals surface area contributed by atoms with E-state index >= 15 is 0 Å². The number of hydrogen-bond acceptors (Lipinski definition) is 4. The zero-order valence-electron chi connectivity index (χ0n) is 16.3. The van der Waals surface area contributed by atoms with Crippen LogP contribution in [-0.2, 0) is 6.54 Å². The molecule has 1 atom stereocenters. The summed E-state index contributed by atoms with van der Waals surface area (Å²) in [6, 6.07) is 8.85. The summed E-state index contributed by atoms with van der Waals surface area (Å²) >= 11 is 0. The van der Waals surface area contributed by atoms with Crippen LogP contribution in [0.5, 0.6) is 5.75 Å². The average molecular weight is 349 g/mol. The van der Waals surface area contributed by atoms with Gasteiger partial charge in [0.2, 0.25) is 0 Å². The normalized spacial score (nSPS) is 17.2. The van der Waals surface area contributed by atoms with Crippen molar-refractivity contribution < 1.29 is 9.84 Å². The Morgan fingerprint density at radius 3 is 2.68 bits per heavy atom. The largest absolute Gasteiger partial charge is 0.491 e.